The van der Waals surface area contributed by atoms with E-state index in [0.717, 1.165) is 18.4 Å². The fourth-order valence-electron chi connectivity index (χ4n) is 2.02. The van der Waals surface area contributed by atoms with Crippen LogP contribution in [0.4, 0.5) is 0 Å². The van der Waals surface area contributed by atoms with Gasteiger partial charge in [0.15, 0.2) is 0 Å². The first-order valence-electron chi connectivity index (χ1n) is 7.73. The standard InChI is InChI=1S/C16H26N2O3S/c1-4-6-10-22(20,21)18-13(3)16(19)17-12-15-9-7-8-14(5-2)11-15/h7-9,11,13,18H,4-6,10,12H2,1-3H3,(H,17,19)/t13-/m1/s1. The molecule has 0 fully saturated rings. The third kappa shape index (κ3) is 6.58. The molecule has 0 aliphatic rings. The van der Waals surface area contributed by atoms with E-state index in [2.05, 4.69) is 17.0 Å². The molecule has 0 saturated heterocycles. The minimum Gasteiger partial charge on any atom is -0.351 e. The van der Waals surface area contributed by atoms with Crippen LogP contribution >= 0.6 is 0 Å². The molecule has 1 aromatic carbocycles. The molecule has 124 valence electrons. The number of nitrogens with one attached hydrogen (secondary N) is 2. The molecule has 5 nitrogen and oxygen atoms in total. The van der Waals surface area contributed by atoms with Gasteiger partial charge in [-0.15, -0.1) is 0 Å². The Labute approximate surface area is 133 Å². The van der Waals surface area contributed by atoms with E-state index in [1.165, 1.54) is 5.56 Å². The summed E-state index contributed by atoms with van der Waals surface area (Å²) in [6.45, 7) is 5.95. The van der Waals surface area contributed by atoms with Gasteiger partial charge in [-0.25, -0.2) is 13.1 Å². The Morgan fingerprint density at radius 2 is 1.91 bits per heavy atom. The van der Waals surface area contributed by atoms with Gasteiger partial charge in [0.2, 0.25) is 15.9 Å². The largest absolute Gasteiger partial charge is 0.351 e. The second kappa shape index (κ2) is 8.90. The van der Waals surface area contributed by atoms with Gasteiger partial charge in [0.05, 0.1) is 11.8 Å². The van der Waals surface area contributed by atoms with Crippen molar-refractivity contribution in [3.63, 3.8) is 0 Å². The Morgan fingerprint density at radius 1 is 1.23 bits per heavy atom. The molecule has 0 heterocycles. The Hall–Kier alpha value is -1.40. The number of benzene rings is 1. The highest BCUT2D eigenvalue weighted by molar-refractivity contribution is 7.89. The van der Waals surface area contributed by atoms with E-state index in [0.29, 0.717) is 13.0 Å². The predicted octanol–water partition coefficient (Wildman–Crippen LogP) is 1.97. The van der Waals surface area contributed by atoms with Crippen molar-refractivity contribution in [3.05, 3.63) is 35.4 Å². The lowest BCUT2D eigenvalue weighted by atomic mass is 10.1. The highest BCUT2D eigenvalue weighted by Crippen LogP contribution is 2.05. The second-order valence-corrected chi connectivity index (χ2v) is 7.28. The lowest BCUT2D eigenvalue weighted by molar-refractivity contribution is -0.122. The zero-order valence-corrected chi connectivity index (χ0v) is 14.4. The summed E-state index contributed by atoms with van der Waals surface area (Å²) in [5.41, 5.74) is 2.22. The number of unbranched alkanes of at least 4 members (excludes halogenated alkanes) is 1. The Bertz CT molecular complexity index is 585. The Kier molecular flexibility index (Phi) is 7.55. The third-order valence-electron chi connectivity index (χ3n) is 3.38. The molecule has 22 heavy (non-hydrogen) atoms. The molecule has 2 N–H and O–H groups in total. The fraction of sp³-hybridized carbons (Fsp3) is 0.562. The lowest BCUT2D eigenvalue weighted by Gasteiger charge is -2.14. The maximum atomic E-state index is 12.0. The normalized spacial score (nSPS) is 12.9. The van der Waals surface area contributed by atoms with E-state index in [4.69, 9.17) is 0 Å². The zero-order chi connectivity index (χ0) is 16.6. The smallest absolute Gasteiger partial charge is 0.238 e. The molecule has 0 aromatic heterocycles. The Morgan fingerprint density at radius 3 is 2.55 bits per heavy atom. The monoisotopic (exact) mass is 326 g/mol. The van der Waals surface area contributed by atoms with E-state index in [1.54, 1.807) is 6.92 Å². The van der Waals surface area contributed by atoms with Crippen molar-refractivity contribution < 1.29 is 13.2 Å². The van der Waals surface area contributed by atoms with Gasteiger partial charge in [0, 0.05) is 6.54 Å². The maximum absolute atomic E-state index is 12.0. The molecular formula is C16H26N2O3S. The van der Waals surface area contributed by atoms with Gasteiger partial charge in [-0.3, -0.25) is 4.79 Å². The van der Waals surface area contributed by atoms with E-state index in [1.807, 2.05) is 31.2 Å². The van der Waals surface area contributed by atoms with Gasteiger partial charge in [-0.05, 0) is 30.9 Å². The van der Waals surface area contributed by atoms with E-state index < -0.39 is 16.1 Å². The van der Waals surface area contributed by atoms with Gasteiger partial charge in [-0.1, -0.05) is 44.5 Å². The van der Waals surface area contributed by atoms with Crippen LogP contribution in [0, 0.1) is 0 Å². The average Bonchev–Trinajstić information content (AvgIpc) is 2.50. The quantitative estimate of drug-likeness (QED) is 0.728. The van der Waals surface area contributed by atoms with Crippen molar-refractivity contribution in [3.8, 4) is 0 Å². The topological polar surface area (TPSA) is 75.3 Å². The molecule has 6 heteroatoms. The maximum Gasteiger partial charge on any atom is 0.238 e. The number of carbonyl (C=O) groups is 1. The predicted molar refractivity (Wildman–Crippen MR) is 89.0 cm³/mol. The molecule has 0 spiro atoms. The van der Waals surface area contributed by atoms with Crippen molar-refractivity contribution >= 4 is 15.9 Å². The summed E-state index contributed by atoms with van der Waals surface area (Å²) in [6.07, 6.45) is 2.33. The molecule has 1 aromatic rings. The molecular weight excluding hydrogens is 300 g/mol. The van der Waals surface area contributed by atoms with Gasteiger partial charge in [0.25, 0.3) is 0 Å². The molecule has 0 saturated carbocycles. The molecule has 0 unspecified atom stereocenters. The molecule has 0 aliphatic heterocycles. The van der Waals surface area contributed by atoms with Gasteiger partial charge >= 0.3 is 0 Å². The summed E-state index contributed by atoms with van der Waals surface area (Å²) in [5.74, 6) is -0.262. The summed E-state index contributed by atoms with van der Waals surface area (Å²) < 4.78 is 26.0. The molecule has 1 amide bonds. The Balaban J connectivity index is 2.50. The van der Waals surface area contributed by atoms with Crippen LogP contribution in [0.2, 0.25) is 0 Å². The molecule has 0 radical (unpaired) electrons. The van der Waals surface area contributed by atoms with Crippen LogP contribution < -0.4 is 10.0 Å². The van der Waals surface area contributed by atoms with Gasteiger partial charge in [0.1, 0.15) is 0 Å². The van der Waals surface area contributed by atoms with Gasteiger partial charge < -0.3 is 5.32 Å². The summed E-state index contributed by atoms with van der Waals surface area (Å²) in [6, 6.07) is 7.20. The lowest BCUT2D eigenvalue weighted by Crippen LogP contribution is -2.45. The van der Waals surface area contributed by atoms with Crippen LogP contribution in [-0.4, -0.2) is 26.1 Å². The van der Waals surface area contributed by atoms with Crippen molar-refractivity contribution in [1.82, 2.24) is 10.0 Å². The SMILES string of the molecule is CCCCS(=O)(=O)N[C@H](C)C(=O)NCc1cccc(CC)c1. The summed E-state index contributed by atoms with van der Waals surface area (Å²) in [5, 5.41) is 2.76. The molecule has 1 atom stereocenters. The fourth-order valence-corrected chi connectivity index (χ4v) is 3.45. The first-order chi connectivity index (χ1) is 10.4. The van der Waals surface area contributed by atoms with Crippen molar-refractivity contribution in [2.75, 3.05) is 5.75 Å². The molecule has 0 aliphatic carbocycles. The van der Waals surface area contributed by atoms with Crippen LogP contribution in [0.5, 0.6) is 0 Å². The summed E-state index contributed by atoms with van der Waals surface area (Å²) >= 11 is 0. The number of carbonyl (C=O) groups excluding carboxylic acids is 1. The molecule has 0 bridgehead atoms. The van der Waals surface area contributed by atoms with Crippen LogP contribution in [0.1, 0.15) is 44.7 Å². The van der Waals surface area contributed by atoms with Crippen molar-refractivity contribution in [2.45, 2.75) is 52.6 Å². The van der Waals surface area contributed by atoms with E-state index in [-0.39, 0.29) is 11.7 Å². The highest BCUT2D eigenvalue weighted by Gasteiger charge is 2.19. The van der Waals surface area contributed by atoms with Crippen LogP contribution in [-0.2, 0) is 27.8 Å². The van der Waals surface area contributed by atoms with E-state index >= 15 is 0 Å². The van der Waals surface area contributed by atoms with Gasteiger partial charge in [-0.2, -0.15) is 0 Å². The molecule has 1 rings (SSSR count). The second-order valence-electron chi connectivity index (χ2n) is 5.40. The number of hydrogen-bond acceptors (Lipinski definition) is 3. The highest BCUT2D eigenvalue weighted by atomic mass is 32.2. The van der Waals surface area contributed by atoms with Crippen LogP contribution in [0.25, 0.3) is 0 Å². The number of hydrogen-bond donors (Lipinski definition) is 2. The minimum absolute atomic E-state index is 0.0552. The number of amides is 1. The van der Waals surface area contributed by atoms with Crippen molar-refractivity contribution in [2.24, 2.45) is 0 Å². The van der Waals surface area contributed by atoms with Crippen LogP contribution in [0.15, 0.2) is 24.3 Å². The number of rotatable bonds is 9. The minimum atomic E-state index is -3.39. The van der Waals surface area contributed by atoms with E-state index in [9.17, 15) is 13.2 Å². The number of sulfonamides is 1. The zero-order valence-electron chi connectivity index (χ0n) is 13.6. The summed E-state index contributed by atoms with van der Waals surface area (Å²) in [7, 11) is -3.39. The number of aryl methyl sites for hydroxylation is 1. The average molecular weight is 326 g/mol. The summed E-state index contributed by atoms with van der Waals surface area (Å²) in [4.78, 5) is 12.0. The first-order valence-corrected chi connectivity index (χ1v) is 9.38. The first kappa shape index (κ1) is 18.6. The van der Waals surface area contributed by atoms with Crippen molar-refractivity contribution in [1.29, 1.82) is 0 Å². The third-order valence-corrected chi connectivity index (χ3v) is 4.92. The van der Waals surface area contributed by atoms with Crippen LogP contribution in [0.3, 0.4) is 0 Å².